The van der Waals surface area contributed by atoms with E-state index < -0.39 is 6.23 Å². The van der Waals surface area contributed by atoms with Crippen molar-refractivity contribution < 1.29 is 14.6 Å². The Balaban J connectivity index is 1.82. The number of ether oxygens (including phenoxy) is 1. The number of aliphatic hydroxyl groups is 1. The third kappa shape index (κ3) is 3.46. The van der Waals surface area contributed by atoms with Crippen molar-refractivity contribution in [1.82, 2.24) is 10.9 Å². The minimum absolute atomic E-state index is 0.0352. The Hall–Kier alpha value is -1.08. The van der Waals surface area contributed by atoms with Gasteiger partial charge in [-0.3, -0.25) is 10.2 Å². The van der Waals surface area contributed by atoms with Crippen LogP contribution in [0.3, 0.4) is 0 Å². The average molecular weight is 268 g/mol. The number of methoxy groups -OCH3 is 1. The number of hydrogen-bond donors (Lipinski definition) is 3. The average Bonchev–Trinajstić information content (AvgIpc) is 2.41. The normalized spacial score (nSPS) is 24.0. The van der Waals surface area contributed by atoms with Crippen LogP contribution in [0.25, 0.3) is 0 Å². The number of ketones is 1. The van der Waals surface area contributed by atoms with Crippen LogP contribution in [0.15, 0.2) is 29.2 Å². The summed E-state index contributed by atoms with van der Waals surface area (Å²) in [5, 5.41) is 9.19. The monoisotopic (exact) mass is 268 g/mol. The highest BCUT2D eigenvalue weighted by Gasteiger charge is 2.25. The Morgan fingerprint density at radius 3 is 2.72 bits per heavy atom. The molecule has 98 valence electrons. The molecule has 0 amide bonds. The van der Waals surface area contributed by atoms with Crippen molar-refractivity contribution in [1.29, 1.82) is 0 Å². The summed E-state index contributed by atoms with van der Waals surface area (Å²) in [6, 6.07) is 7.81. The lowest BCUT2D eigenvalue weighted by molar-refractivity contribution is -0.132. The second-order valence-corrected chi connectivity index (χ2v) is 5.14. The summed E-state index contributed by atoms with van der Waals surface area (Å²) >= 11 is 1.66. The van der Waals surface area contributed by atoms with Gasteiger partial charge in [-0.05, 0) is 24.3 Å². The smallest absolute Gasteiger partial charge is 0.179 e. The zero-order chi connectivity index (χ0) is 13.0. The zero-order valence-corrected chi connectivity index (χ0v) is 10.9. The number of hydrogen-bond acceptors (Lipinski definition) is 6. The first-order chi connectivity index (χ1) is 8.69. The van der Waals surface area contributed by atoms with Gasteiger partial charge in [-0.15, -0.1) is 11.8 Å². The van der Waals surface area contributed by atoms with E-state index in [1.165, 1.54) is 0 Å². The lowest BCUT2D eigenvalue weighted by Gasteiger charge is -2.26. The van der Waals surface area contributed by atoms with Gasteiger partial charge in [0.15, 0.2) is 12.0 Å². The molecule has 5 nitrogen and oxygen atoms in total. The Bertz CT molecular complexity index is 410. The van der Waals surface area contributed by atoms with E-state index in [4.69, 9.17) is 4.74 Å². The van der Waals surface area contributed by atoms with E-state index in [9.17, 15) is 9.90 Å². The van der Waals surface area contributed by atoms with Crippen molar-refractivity contribution >= 4 is 17.5 Å². The molecule has 1 aromatic carbocycles. The third-order valence-corrected chi connectivity index (χ3v) is 3.86. The summed E-state index contributed by atoms with van der Waals surface area (Å²) in [5.74, 6) is 1.42. The van der Waals surface area contributed by atoms with E-state index in [1.54, 1.807) is 18.9 Å². The maximum atomic E-state index is 11.3. The Labute approximate surface area is 110 Å². The number of hydrazine groups is 1. The fourth-order valence-electron chi connectivity index (χ4n) is 1.65. The van der Waals surface area contributed by atoms with Gasteiger partial charge in [0.05, 0.1) is 7.11 Å². The van der Waals surface area contributed by atoms with E-state index in [1.807, 2.05) is 24.3 Å². The van der Waals surface area contributed by atoms with Gasteiger partial charge in [-0.2, -0.15) is 0 Å². The lowest BCUT2D eigenvalue weighted by atomic mass is 10.1. The van der Waals surface area contributed by atoms with Gasteiger partial charge in [-0.1, -0.05) is 0 Å². The van der Waals surface area contributed by atoms with E-state index in [0.29, 0.717) is 6.42 Å². The van der Waals surface area contributed by atoms with Crippen LogP contribution in [0.2, 0.25) is 0 Å². The quantitative estimate of drug-likeness (QED) is 0.693. The molecule has 1 heterocycles. The van der Waals surface area contributed by atoms with Crippen LogP contribution in [0.4, 0.5) is 0 Å². The molecule has 0 saturated carbocycles. The number of Topliss-reactive ketones (excluding diaryl/α,β-unsaturated/α-hetero) is 1. The standard InChI is InChI=1S/C12H16N2O3S/c1-17-9-2-4-10(5-3-9)18-7-8-6-11(15)12(16)14-13-8/h2-5,8,12-14,16H,6-7H2,1H3. The third-order valence-electron chi connectivity index (χ3n) is 2.69. The summed E-state index contributed by atoms with van der Waals surface area (Å²) in [7, 11) is 1.64. The second kappa shape index (κ2) is 6.19. The summed E-state index contributed by atoms with van der Waals surface area (Å²) in [6.45, 7) is 0. The van der Waals surface area contributed by atoms with E-state index in [2.05, 4.69) is 10.9 Å². The first-order valence-corrected chi connectivity index (χ1v) is 6.66. The molecule has 18 heavy (non-hydrogen) atoms. The first kappa shape index (κ1) is 13.4. The van der Waals surface area contributed by atoms with Crippen molar-refractivity contribution in [3.05, 3.63) is 24.3 Å². The van der Waals surface area contributed by atoms with Crippen LogP contribution in [-0.4, -0.2) is 36.0 Å². The fraction of sp³-hybridized carbons (Fsp3) is 0.417. The van der Waals surface area contributed by atoms with Crippen LogP contribution in [0.1, 0.15) is 6.42 Å². The molecule has 0 aliphatic carbocycles. The van der Waals surface area contributed by atoms with Crippen LogP contribution in [0.5, 0.6) is 5.75 Å². The molecule has 1 aliphatic heterocycles. The molecule has 2 atom stereocenters. The maximum Gasteiger partial charge on any atom is 0.179 e. The SMILES string of the molecule is COc1ccc(SCC2CC(=O)C(O)NN2)cc1. The van der Waals surface area contributed by atoms with Gasteiger partial charge in [-0.25, -0.2) is 5.43 Å². The number of thioether (sulfide) groups is 1. The number of nitrogens with one attached hydrogen (secondary N) is 2. The van der Waals surface area contributed by atoms with Crippen molar-refractivity contribution in [3.63, 3.8) is 0 Å². The summed E-state index contributed by atoms with van der Waals surface area (Å²) in [4.78, 5) is 12.4. The molecule has 2 rings (SSSR count). The minimum atomic E-state index is -1.08. The van der Waals surface area contributed by atoms with Gasteiger partial charge in [0.1, 0.15) is 5.75 Å². The highest BCUT2D eigenvalue weighted by Crippen LogP contribution is 2.22. The summed E-state index contributed by atoms with van der Waals surface area (Å²) in [5.41, 5.74) is 5.48. The van der Waals surface area contributed by atoms with Crippen molar-refractivity contribution in [2.75, 3.05) is 12.9 Å². The molecule has 2 unspecified atom stereocenters. The van der Waals surface area contributed by atoms with E-state index >= 15 is 0 Å². The summed E-state index contributed by atoms with van der Waals surface area (Å²) in [6.07, 6.45) is -0.732. The van der Waals surface area contributed by atoms with Gasteiger partial charge in [0, 0.05) is 23.1 Å². The number of benzene rings is 1. The van der Waals surface area contributed by atoms with E-state index in [0.717, 1.165) is 16.4 Å². The second-order valence-electron chi connectivity index (χ2n) is 4.05. The molecule has 0 aromatic heterocycles. The van der Waals surface area contributed by atoms with Crippen LogP contribution in [-0.2, 0) is 4.79 Å². The van der Waals surface area contributed by atoms with Crippen molar-refractivity contribution in [2.45, 2.75) is 23.6 Å². The molecular formula is C12H16N2O3S. The van der Waals surface area contributed by atoms with Gasteiger partial charge in [0.2, 0.25) is 0 Å². The minimum Gasteiger partial charge on any atom is -0.497 e. The van der Waals surface area contributed by atoms with Crippen LogP contribution >= 0.6 is 11.8 Å². The molecule has 1 aliphatic rings. The molecule has 0 radical (unpaired) electrons. The molecule has 1 aromatic rings. The highest BCUT2D eigenvalue weighted by atomic mass is 32.2. The first-order valence-electron chi connectivity index (χ1n) is 5.67. The van der Waals surface area contributed by atoms with Crippen molar-refractivity contribution in [2.24, 2.45) is 0 Å². The van der Waals surface area contributed by atoms with Crippen LogP contribution in [0, 0.1) is 0 Å². The molecule has 3 N–H and O–H groups in total. The van der Waals surface area contributed by atoms with Gasteiger partial charge < -0.3 is 9.84 Å². The Morgan fingerprint density at radius 2 is 2.11 bits per heavy atom. The number of carbonyl (C=O) groups is 1. The predicted octanol–water partition coefficient (Wildman–Crippen LogP) is 0.541. The zero-order valence-electron chi connectivity index (χ0n) is 10.1. The maximum absolute atomic E-state index is 11.3. The topological polar surface area (TPSA) is 70.6 Å². The molecule has 0 bridgehead atoms. The number of aliphatic hydroxyl groups excluding tert-OH is 1. The molecule has 1 fully saturated rings. The predicted molar refractivity (Wildman–Crippen MR) is 69.4 cm³/mol. The lowest BCUT2D eigenvalue weighted by Crippen LogP contribution is -2.57. The van der Waals surface area contributed by atoms with Crippen LogP contribution < -0.4 is 15.6 Å². The largest absolute Gasteiger partial charge is 0.497 e. The molecule has 6 heteroatoms. The highest BCUT2D eigenvalue weighted by molar-refractivity contribution is 7.99. The molecular weight excluding hydrogens is 252 g/mol. The molecule has 1 saturated heterocycles. The number of carbonyl (C=O) groups excluding carboxylic acids is 1. The molecule has 0 spiro atoms. The Kier molecular flexibility index (Phi) is 4.60. The van der Waals surface area contributed by atoms with Crippen molar-refractivity contribution in [3.8, 4) is 5.75 Å². The van der Waals surface area contributed by atoms with Gasteiger partial charge >= 0.3 is 0 Å². The summed E-state index contributed by atoms with van der Waals surface area (Å²) < 4.78 is 5.09. The van der Waals surface area contributed by atoms with Gasteiger partial charge in [0.25, 0.3) is 0 Å². The fourth-order valence-corrected chi connectivity index (χ4v) is 2.58. The van der Waals surface area contributed by atoms with E-state index in [-0.39, 0.29) is 11.8 Å². The Morgan fingerprint density at radius 1 is 1.39 bits per heavy atom. The number of rotatable bonds is 4.